The third kappa shape index (κ3) is 5.41. The van der Waals surface area contributed by atoms with Gasteiger partial charge < -0.3 is 14.8 Å². The summed E-state index contributed by atoms with van der Waals surface area (Å²) in [5.41, 5.74) is 1.56. The Bertz CT molecular complexity index is 419. The molecule has 0 heterocycles. The van der Waals surface area contributed by atoms with E-state index < -0.39 is 0 Å². The molecule has 0 fully saturated rings. The van der Waals surface area contributed by atoms with Crippen LogP contribution in [0.25, 0.3) is 5.57 Å². The van der Waals surface area contributed by atoms with Crippen molar-refractivity contribution in [2.24, 2.45) is 0 Å². The van der Waals surface area contributed by atoms with E-state index in [2.05, 4.69) is 5.32 Å². The van der Waals surface area contributed by atoms with Gasteiger partial charge in [0.05, 0.1) is 13.7 Å². The topological polar surface area (TPSA) is 30.5 Å². The van der Waals surface area contributed by atoms with Crippen LogP contribution >= 0.6 is 0 Å². The number of halogens is 1. The molecule has 1 N–H and O–H groups in total. The molecule has 0 radical (unpaired) electrons. The average molecular weight is 267 g/mol. The molecule has 0 aliphatic carbocycles. The average Bonchev–Trinajstić information content (AvgIpc) is 2.42. The predicted molar refractivity (Wildman–Crippen MR) is 76.0 cm³/mol. The zero-order valence-electron chi connectivity index (χ0n) is 11.8. The van der Waals surface area contributed by atoms with Gasteiger partial charge in [-0.15, -0.1) is 0 Å². The number of nitrogens with one attached hydrogen (secondary N) is 1. The fraction of sp³-hybridized carbons (Fsp3) is 0.467. The highest BCUT2D eigenvalue weighted by Crippen LogP contribution is 2.22. The van der Waals surface area contributed by atoms with Gasteiger partial charge >= 0.3 is 0 Å². The van der Waals surface area contributed by atoms with Crippen LogP contribution in [0, 0.1) is 5.82 Å². The van der Waals surface area contributed by atoms with Gasteiger partial charge in [-0.1, -0.05) is 6.08 Å². The van der Waals surface area contributed by atoms with Gasteiger partial charge in [0.25, 0.3) is 0 Å². The van der Waals surface area contributed by atoms with Gasteiger partial charge in [-0.05, 0) is 37.6 Å². The molecule has 0 aliphatic heterocycles. The largest absolute Gasteiger partial charge is 0.497 e. The SMILES string of the molecule is COCCNCC/C=C(/C)c1ccc(OC)cc1F. The molecule has 1 aromatic rings. The lowest BCUT2D eigenvalue weighted by molar-refractivity contribution is 0.199. The van der Waals surface area contributed by atoms with Crippen molar-refractivity contribution in [3.8, 4) is 5.75 Å². The van der Waals surface area contributed by atoms with E-state index in [9.17, 15) is 4.39 Å². The summed E-state index contributed by atoms with van der Waals surface area (Å²) in [6.07, 6.45) is 2.89. The fourth-order valence-electron chi connectivity index (χ4n) is 1.74. The molecule has 4 heteroatoms. The highest BCUT2D eigenvalue weighted by atomic mass is 19.1. The van der Waals surface area contributed by atoms with Crippen LogP contribution in [0.4, 0.5) is 4.39 Å². The number of hydrogen-bond donors (Lipinski definition) is 1. The Labute approximate surface area is 114 Å². The summed E-state index contributed by atoms with van der Waals surface area (Å²) in [5.74, 6) is 0.288. The van der Waals surface area contributed by atoms with E-state index in [0.717, 1.165) is 25.1 Å². The van der Waals surface area contributed by atoms with Crippen LogP contribution in [0.3, 0.4) is 0 Å². The first-order valence-electron chi connectivity index (χ1n) is 6.39. The fourth-order valence-corrected chi connectivity index (χ4v) is 1.74. The molecule has 0 bridgehead atoms. The molecule has 0 aliphatic rings. The van der Waals surface area contributed by atoms with Crippen molar-refractivity contribution in [3.63, 3.8) is 0 Å². The molecule has 0 amide bonds. The van der Waals surface area contributed by atoms with Gasteiger partial charge in [-0.2, -0.15) is 0 Å². The van der Waals surface area contributed by atoms with E-state index in [1.54, 1.807) is 19.2 Å². The Morgan fingerprint density at radius 2 is 2.11 bits per heavy atom. The van der Waals surface area contributed by atoms with Crippen LogP contribution in [0.5, 0.6) is 5.75 Å². The Hall–Kier alpha value is -1.39. The maximum Gasteiger partial charge on any atom is 0.134 e. The summed E-state index contributed by atoms with van der Waals surface area (Å²) in [4.78, 5) is 0. The molecule has 0 atom stereocenters. The van der Waals surface area contributed by atoms with Crippen molar-refractivity contribution in [1.82, 2.24) is 5.32 Å². The second-order valence-corrected chi connectivity index (χ2v) is 4.26. The molecule has 106 valence electrons. The number of hydrogen-bond acceptors (Lipinski definition) is 3. The van der Waals surface area contributed by atoms with E-state index in [1.165, 1.54) is 13.2 Å². The molecule has 0 saturated heterocycles. The van der Waals surface area contributed by atoms with E-state index >= 15 is 0 Å². The molecule has 3 nitrogen and oxygen atoms in total. The summed E-state index contributed by atoms with van der Waals surface area (Å²) in [5, 5.41) is 3.24. The van der Waals surface area contributed by atoms with Crippen molar-refractivity contribution in [2.45, 2.75) is 13.3 Å². The molecular weight excluding hydrogens is 245 g/mol. The zero-order chi connectivity index (χ0) is 14.1. The normalized spacial score (nSPS) is 11.7. The smallest absolute Gasteiger partial charge is 0.134 e. The van der Waals surface area contributed by atoms with Crippen LogP contribution in [-0.2, 0) is 4.74 Å². The van der Waals surface area contributed by atoms with Gasteiger partial charge in [0.15, 0.2) is 0 Å². The molecule has 0 saturated carbocycles. The zero-order valence-corrected chi connectivity index (χ0v) is 11.8. The summed E-state index contributed by atoms with van der Waals surface area (Å²) in [7, 11) is 3.21. The molecule has 1 aromatic carbocycles. The van der Waals surface area contributed by atoms with Gasteiger partial charge in [0.2, 0.25) is 0 Å². The second-order valence-electron chi connectivity index (χ2n) is 4.26. The predicted octanol–water partition coefficient (Wildman–Crippen LogP) is 2.86. The molecule has 0 unspecified atom stereocenters. The van der Waals surface area contributed by atoms with Crippen LogP contribution in [0.1, 0.15) is 18.9 Å². The number of methoxy groups -OCH3 is 2. The minimum absolute atomic E-state index is 0.250. The first kappa shape index (κ1) is 15.7. The van der Waals surface area contributed by atoms with Crippen LogP contribution < -0.4 is 10.1 Å². The Morgan fingerprint density at radius 1 is 1.32 bits per heavy atom. The molecule has 0 spiro atoms. The van der Waals surface area contributed by atoms with E-state index in [1.807, 2.05) is 13.0 Å². The van der Waals surface area contributed by atoms with Crippen LogP contribution in [0.2, 0.25) is 0 Å². The molecular formula is C15H22FNO2. The summed E-state index contributed by atoms with van der Waals surface area (Å²) < 4.78 is 23.7. The van der Waals surface area contributed by atoms with Crippen molar-refractivity contribution in [3.05, 3.63) is 35.7 Å². The van der Waals surface area contributed by atoms with Crippen LogP contribution in [0.15, 0.2) is 24.3 Å². The molecule has 0 aromatic heterocycles. The number of allylic oxidation sites excluding steroid dienone is 1. The number of benzene rings is 1. The number of rotatable bonds is 8. The lowest BCUT2D eigenvalue weighted by Gasteiger charge is -2.07. The Morgan fingerprint density at radius 3 is 2.74 bits per heavy atom. The number of ether oxygens (including phenoxy) is 2. The maximum atomic E-state index is 13.8. The van der Waals surface area contributed by atoms with Crippen molar-refractivity contribution < 1.29 is 13.9 Å². The van der Waals surface area contributed by atoms with E-state index in [4.69, 9.17) is 9.47 Å². The van der Waals surface area contributed by atoms with Gasteiger partial charge in [0.1, 0.15) is 11.6 Å². The molecule has 19 heavy (non-hydrogen) atoms. The van der Waals surface area contributed by atoms with Gasteiger partial charge in [0, 0.05) is 25.3 Å². The Kier molecular flexibility index (Phi) is 7.15. The second kappa shape index (κ2) is 8.67. The highest BCUT2D eigenvalue weighted by molar-refractivity contribution is 5.64. The van der Waals surface area contributed by atoms with Crippen molar-refractivity contribution in [1.29, 1.82) is 0 Å². The standard InChI is InChI=1S/C15H22FNO2/c1-12(5-4-8-17-9-10-18-2)14-7-6-13(19-3)11-15(14)16/h5-7,11,17H,4,8-10H2,1-3H3/b12-5-. The first-order valence-corrected chi connectivity index (χ1v) is 6.39. The summed E-state index contributed by atoms with van der Waals surface area (Å²) in [6, 6.07) is 4.93. The Balaban J connectivity index is 2.50. The van der Waals surface area contributed by atoms with Crippen molar-refractivity contribution >= 4 is 5.57 Å². The van der Waals surface area contributed by atoms with E-state index in [-0.39, 0.29) is 5.82 Å². The minimum Gasteiger partial charge on any atom is -0.497 e. The lowest BCUT2D eigenvalue weighted by atomic mass is 10.1. The third-order valence-electron chi connectivity index (χ3n) is 2.86. The maximum absolute atomic E-state index is 13.8. The highest BCUT2D eigenvalue weighted by Gasteiger charge is 2.05. The monoisotopic (exact) mass is 267 g/mol. The van der Waals surface area contributed by atoms with Gasteiger partial charge in [-0.3, -0.25) is 0 Å². The van der Waals surface area contributed by atoms with Crippen molar-refractivity contribution in [2.75, 3.05) is 33.9 Å². The lowest BCUT2D eigenvalue weighted by Crippen LogP contribution is -2.19. The summed E-state index contributed by atoms with van der Waals surface area (Å²) >= 11 is 0. The van der Waals surface area contributed by atoms with E-state index in [0.29, 0.717) is 17.9 Å². The third-order valence-corrected chi connectivity index (χ3v) is 2.86. The van der Waals surface area contributed by atoms with Gasteiger partial charge in [-0.25, -0.2) is 4.39 Å². The molecule has 1 rings (SSSR count). The minimum atomic E-state index is -0.250. The quantitative estimate of drug-likeness (QED) is 0.735. The van der Waals surface area contributed by atoms with Crippen LogP contribution in [-0.4, -0.2) is 33.9 Å². The first-order chi connectivity index (χ1) is 9.19. The summed E-state index contributed by atoms with van der Waals surface area (Å²) in [6.45, 7) is 4.31.